The Balaban J connectivity index is 1.81. The summed E-state index contributed by atoms with van der Waals surface area (Å²) in [4.78, 5) is 3.49. The van der Waals surface area contributed by atoms with Gasteiger partial charge < -0.3 is 9.80 Å². The summed E-state index contributed by atoms with van der Waals surface area (Å²) >= 11 is 0. The van der Waals surface area contributed by atoms with Crippen LogP contribution < -0.4 is 9.80 Å². The number of anilines is 2. The van der Waals surface area contributed by atoms with Crippen molar-refractivity contribution in [3.8, 4) is 0 Å². The molecule has 0 aromatic heterocycles. The minimum atomic E-state index is -0.653. The lowest BCUT2D eigenvalue weighted by molar-refractivity contribution is 0.582. The Morgan fingerprint density at radius 2 is 0.905 bits per heavy atom. The molecule has 1 fully saturated rings. The molecule has 0 saturated carbocycles. The minimum absolute atomic E-state index is 0.311. The van der Waals surface area contributed by atoms with Crippen molar-refractivity contribution >= 4 is 11.4 Å². The van der Waals surface area contributed by atoms with E-state index in [2.05, 4.69) is 0 Å². The number of nitrogens with zero attached hydrogens (tertiary/aromatic N) is 2. The number of rotatable bonds is 2. The van der Waals surface area contributed by atoms with Crippen LogP contribution in [-0.2, 0) is 0 Å². The summed E-state index contributed by atoms with van der Waals surface area (Å²) in [6, 6.07) is 6.55. The Bertz CT molecular complexity index is 577. The van der Waals surface area contributed by atoms with Crippen LogP contribution in [0.4, 0.5) is 28.9 Å². The lowest BCUT2D eigenvalue weighted by Gasteiger charge is -2.21. The molecule has 2 aromatic carbocycles. The smallest absolute Gasteiger partial charge is 0.128 e. The minimum Gasteiger partial charge on any atom is -0.352 e. The third-order valence-electron chi connectivity index (χ3n) is 3.41. The normalized spacial score (nSPS) is 14.9. The molecule has 2 nitrogen and oxygen atoms in total. The van der Waals surface area contributed by atoms with E-state index in [1.54, 1.807) is 9.80 Å². The van der Waals surface area contributed by atoms with Gasteiger partial charge in [-0.3, -0.25) is 0 Å². The highest BCUT2D eigenvalue weighted by atomic mass is 19.1. The second-order valence-electron chi connectivity index (χ2n) is 4.92. The first kappa shape index (κ1) is 13.7. The summed E-state index contributed by atoms with van der Waals surface area (Å²) in [5.41, 5.74) is 0.818. The van der Waals surface area contributed by atoms with E-state index in [1.165, 1.54) is 24.3 Å². The van der Waals surface area contributed by atoms with Crippen LogP contribution in [0.1, 0.15) is 0 Å². The molecular formula is C15H12F4N2. The zero-order valence-electron chi connectivity index (χ0n) is 11.0. The average Bonchev–Trinajstić information content (AvgIpc) is 2.85. The first-order valence-electron chi connectivity index (χ1n) is 6.43. The van der Waals surface area contributed by atoms with Gasteiger partial charge in [0.2, 0.25) is 0 Å². The SMILES string of the molecule is Fc1cc(F)cc(N2CCN(c3cc(F)cc(F)c3)C2)c1. The zero-order chi connectivity index (χ0) is 15.0. The molecule has 0 radical (unpaired) electrons. The van der Waals surface area contributed by atoms with Crippen molar-refractivity contribution in [2.24, 2.45) is 0 Å². The molecule has 1 aliphatic heterocycles. The topological polar surface area (TPSA) is 6.48 Å². The second-order valence-corrected chi connectivity index (χ2v) is 4.92. The fourth-order valence-corrected chi connectivity index (χ4v) is 2.45. The van der Waals surface area contributed by atoms with Crippen LogP contribution in [0.15, 0.2) is 36.4 Å². The van der Waals surface area contributed by atoms with Gasteiger partial charge >= 0.3 is 0 Å². The van der Waals surface area contributed by atoms with Crippen molar-refractivity contribution in [3.63, 3.8) is 0 Å². The lowest BCUT2D eigenvalue weighted by atomic mass is 10.3. The van der Waals surface area contributed by atoms with Gasteiger partial charge in [-0.1, -0.05) is 0 Å². The van der Waals surface area contributed by atoms with Crippen molar-refractivity contribution in [2.75, 3.05) is 29.6 Å². The predicted molar refractivity (Wildman–Crippen MR) is 72.3 cm³/mol. The van der Waals surface area contributed by atoms with E-state index in [9.17, 15) is 17.6 Å². The van der Waals surface area contributed by atoms with Gasteiger partial charge in [0, 0.05) is 36.6 Å². The fourth-order valence-electron chi connectivity index (χ4n) is 2.45. The second kappa shape index (κ2) is 5.27. The summed E-state index contributed by atoms with van der Waals surface area (Å²) in [6.07, 6.45) is 0. The average molecular weight is 296 g/mol. The molecule has 0 atom stereocenters. The Hall–Kier alpha value is -2.24. The number of hydrogen-bond donors (Lipinski definition) is 0. The van der Waals surface area contributed by atoms with Crippen LogP contribution in [0.3, 0.4) is 0 Å². The highest BCUT2D eigenvalue weighted by Crippen LogP contribution is 2.25. The van der Waals surface area contributed by atoms with Crippen molar-refractivity contribution in [1.82, 2.24) is 0 Å². The number of hydrogen-bond acceptors (Lipinski definition) is 2. The zero-order valence-corrected chi connectivity index (χ0v) is 11.0. The highest BCUT2D eigenvalue weighted by Gasteiger charge is 2.22. The van der Waals surface area contributed by atoms with Crippen LogP contribution in [0, 0.1) is 23.3 Å². The first-order chi connectivity index (χ1) is 10.0. The van der Waals surface area contributed by atoms with Gasteiger partial charge in [0.25, 0.3) is 0 Å². The van der Waals surface area contributed by atoms with E-state index in [0.717, 1.165) is 12.1 Å². The molecule has 0 aliphatic carbocycles. The van der Waals surface area contributed by atoms with Crippen molar-refractivity contribution in [3.05, 3.63) is 59.7 Å². The summed E-state index contributed by atoms with van der Waals surface area (Å²) in [7, 11) is 0. The number of benzene rings is 2. The predicted octanol–water partition coefficient (Wildman–Crippen LogP) is 3.53. The van der Waals surface area contributed by atoms with Crippen molar-refractivity contribution in [1.29, 1.82) is 0 Å². The van der Waals surface area contributed by atoms with Crippen molar-refractivity contribution in [2.45, 2.75) is 0 Å². The summed E-state index contributed by atoms with van der Waals surface area (Å²) in [6.45, 7) is 1.34. The van der Waals surface area contributed by atoms with E-state index >= 15 is 0 Å². The van der Waals surface area contributed by atoms with Gasteiger partial charge in [0.1, 0.15) is 23.3 Å². The lowest BCUT2D eigenvalue weighted by Crippen LogP contribution is -2.25. The highest BCUT2D eigenvalue weighted by molar-refractivity contribution is 5.55. The summed E-state index contributed by atoms with van der Waals surface area (Å²) < 4.78 is 52.9. The molecule has 0 spiro atoms. The maximum atomic E-state index is 13.2. The molecule has 3 rings (SSSR count). The largest absolute Gasteiger partial charge is 0.352 e. The van der Waals surface area contributed by atoms with Crippen LogP contribution in [0.5, 0.6) is 0 Å². The standard InChI is InChI=1S/C15H12F4N2/c16-10-3-11(17)6-14(5-10)20-1-2-21(9-20)15-7-12(18)4-13(19)8-15/h3-8H,1-2,9H2. The molecule has 2 aromatic rings. The Morgan fingerprint density at radius 3 is 1.24 bits per heavy atom. The van der Waals surface area contributed by atoms with Gasteiger partial charge in [0.15, 0.2) is 0 Å². The molecule has 6 heteroatoms. The quantitative estimate of drug-likeness (QED) is 0.782. The van der Waals surface area contributed by atoms with Crippen LogP contribution in [-0.4, -0.2) is 19.8 Å². The fraction of sp³-hybridized carbons (Fsp3) is 0.200. The Kier molecular flexibility index (Phi) is 3.45. The molecule has 0 amide bonds. The van der Waals surface area contributed by atoms with E-state index in [4.69, 9.17) is 0 Å². The van der Waals surface area contributed by atoms with Gasteiger partial charge in [-0.15, -0.1) is 0 Å². The third kappa shape index (κ3) is 2.94. The van der Waals surface area contributed by atoms with Gasteiger partial charge in [-0.25, -0.2) is 17.6 Å². The Morgan fingerprint density at radius 1 is 0.571 bits per heavy atom. The molecule has 1 heterocycles. The molecule has 1 aliphatic rings. The van der Waals surface area contributed by atoms with Gasteiger partial charge in [-0.05, 0) is 24.3 Å². The summed E-state index contributed by atoms with van der Waals surface area (Å²) in [5.74, 6) is -2.61. The maximum Gasteiger partial charge on any atom is 0.128 e. The monoisotopic (exact) mass is 296 g/mol. The molecule has 110 valence electrons. The van der Waals surface area contributed by atoms with Gasteiger partial charge in [-0.2, -0.15) is 0 Å². The molecule has 1 saturated heterocycles. The van der Waals surface area contributed by atoms with E-state index in [0.29, 0.717) is 31.1 Å². The van der Waals surface area contributed by atoms with Crippen molar-refractivity contribution < 1.29 is 17.6 Å². The summed E-state index contributed by atoms with van der Waals surface area (Å²) in [5, 5.41) is 0. The van der Waals surface area contributed by atoms with Crippen LogP contribution in [0.2, 0.25) is 0 Å². The molecule has 0 bridgehead atoms. The third-order valence-corrected chi connectivity index (χ3v) is 3.41. The van der Waals surface area contributed by atoms with Crippen LogP contribution >= 0.6 is 0 Å². The maximum absolute atomic E-state index is 13.2. The molecular weight excluding hydrogens is 284 g/mol. The van der Waals surface area contributed by atoms with E-state index < -0.39 is 23.3 Å². The molecule has 0 unspecified atom stereocenters. The molecule has 0 N–H and O–H groups in total. The Labute approximate surface area is 119 Å². The van der Waals surface area contributed by atoms with E-state index in [-0.39, 0.29) is 0 Å². The van der Waals surface area contributed by atoms with E-state index in [1.807, 2.05) is 0 Å². The molecule has 21 heavy (non-hydrogen) atoms. The van der Waals surface area contributed by atoms with Crippen LogP contribution in [0.25, 0.3) is 0 Å². The first-order valence-corrected chi connectivity index (χ1v) is 6.43. The number of halogens is 4. The van der Waals surface area contributed by atoms with Gasteiger partial charge in [0.05, 0.1) is 6.67 Å².